The van der Waals surface area contributed by atoms with Gasteiger partial charge in [-0.2, -0.15) is 0 Å². The molecule has 1 aromatic heterocycles. The smallest absolute Gasteiger partial charge is 0.120 e. The molecule has 1 N–H and O–H groups in total. The van der Waals surface area contributed by atoms with Gasteiger partial charge >= 0.3 is 0 Å². The molecule has 0 aliphatic rings. The molecule has 0 fully saturated rings. The van der Waals surface area contributed by atoms with E-state index in [4.69, 9.17) is 4.42 Å². The summed E-state index contributed by atoms with van der Waals surface area (Å²) in [6.07, 6.45) is 7.02. The number of nitrogens with one attached hydrogen (secondary N) is 1. The lowest BCUT2D eigenvalue weighted by atomic mass is 10.1. The Balaban J connectivity index is 2.43. The summed E-state index contributed by atoms with van der Waals surface area (Å²) in [5, 5.41) is 3.42. The zero-order valence-corrected chi connectivity index (χ0v) is 8.83. The van der Waals surface area contributed by atoms with Crippen molar-refractivity contribution >= 4 is 0 Å². The second-order valence-corrected chi connectivity index (χ2v) is 3.35. The first-order chi connectivity index (χ1) is 6.88. The molecule has 0 aromatic carbocycles. The zero-order chi connectivity index (χ0) is 10.2. The predicted octanol–water partition coefficient (Wildman–Crippen LogP) is 3.29. The maximum atomic E-state index is 5.39. The van der Waals surface area contributed by atoms with Crippen LogP contribution in [0, 0.1) is 0 Å². The highest BCUT2D eigenvalue weighted by molar-refractivity contribution is 5.04. The van der Waals surface area contributed by atoms with Crippen molar-refractivity contribution < 1.29 is 4.42 Å². The van der Waals surface area contributed by atoms with Crippen molar-refractivity contribution in [3.05, 3.63) is 36.8 Å². The van der Waals surface area contributed by atoms with E-state index >= 15 is 0 Å². The molecule has 1 rings (SSSR count). The lowest BCUT2D eigenvalue weighted by Gasteiger charge is -2.14. The Hall–Kier alpha value is -1.02. The minimum absolute atomic E-state index is 0.356. The molecule has 0 radical (unpaired) electrons. The van der Waals surface area contributed by atoms with Crippen LogP contribution < -0.4 is 5.32 Å². The van der Waals surface area contributed by atoms with Gasteiger partial charge in [0.05, 0.1) is 12.3 Å². The maximum absolute atomic E-state index is 5.39. The number of hydrogen-bond acceptors (Lipinski definition) is 2. The molecule has 0 saturated carbocycles. The summed E-state index contributed by atoms with van der Waals surface area (Å²) < 4.78 is 5.39. The number of hydrogen-bond donors (Lipinski definition) is 1. The summed E-state index contributed by atoms with van der Waals surface area (Å²) in [7, 11) is 0. The number of unbranched alkanes of at least 4 members (excludes halogenated alkanes) is 1. The summed E-state index contributed by atoms with van der Waals surface area (Å²) in [5.41, 5.74) is 0. The van der Waals surface area contributed by atoms with Gasteiger partial charge in [0.1, 0.15) is 5.76 Å². The summed E-state index contributed by atoms with van der Waals surface area (Å²) >= 11 is 0. The van der Waals surface area contributed by atoms with Crippen LogP contribution in [0.3, 0.4) is 0 Å². The van der Waals surface area contributed by atoms with Gasteiger partial charge in [-0.05, 0) is 37.9 Å². The van der Waals surface area contributed by atoms with E-state index in [1.165, 1.54) is 0 Å². The lowest BCUT2D eigenvalue weighted by molar-refractivity contribution is 0.396. The molecule has 0 amide bonds. The third-order valence-corrected chi connectivity index (χ3v) is 2.24. The van der Waals surface area contributed by atoms with E-state index < -0.39 is 0 Å². The fraction of sp³-hybridized carbons (Fsp3) is 0.500. The first kappa shape index (κ1) is 11.1. The summed E-state index contributed by atoms with van der Waals surface area (Å²) in [5.74, 6) is 1.04. The van der Waals surface area contributed by atoms with Crippen LogP contribution in [0.1, 0.15) is 38.0 Å². The number of allylic oxidation sites excluding steroid dienone is 1. The largest absolute Gasteiger partial charge is 0.468 e. The topological polar surface area (TPSA) is 25.2 Å². The number of rotatable bonds is 7. The van der Waals surface area contributed by atoms with E-state index in [9.17, 15) is 0 Å². The Labute approximate surface area is 86.0 Å². The average Bonchev–Trinajstić information content (AvgIpc) is 2.70. The molecular weight excluding hydrogens is 174 g/mol. The normalized spacial score (nSPS) is 12.6. The van der Waals surface area contributed by atoms with E-state index in [0.29, 0.717) is 6.04 Å². The van der Waals surface area contributed by atoms with Crippen molar-refractivity contribution in [1.29, 1.82) is 0 Å². The van der Waals surface area contributed by atoms with Crippen molar-refractivity contribution in [3.63, 3.8) is 0 Å². The molecule has 1 atom stereocenters. The standard InChI is InChI=1S/C12H19NO/c1-3-5-6-8-11(13-4-2)12-9-7-10-14-12/h3,7,9-11,13H,1,4-6,8H2,2H3. The molecule has 1 aromatic rings. The monoisotopic (exact) mass is 193 g/mol. The van der Waals surface area contributed by atoms with Crippen LogP contribution >= 0.6 is 0 Å². The van der Waals surface area contributed by atoms with Crippen LogP contribution in [0.2, 0.25) is 0 Å². The highest BCUT2D eigenvalue weighted by Crippen LogP contribution is 2.19. The van der Waals surface area contributed by atoms with Crippen LogP contribution in [0.25, 0.3) is 0 Å². The van der Waals surface area contributed by atoms with Crippen LogP contribution in [0.15, 0.2) is 35.5 Å². The zero-order valence-electron chi connectivity index (χ0n) is 8.83. The minimum atomic E-state index is 0.356. The average molecular weight is 193 g/mol. The van der Waals surface area contributed by atoms with Crippen molar-refractivity contribution in [2.45, 2.75) is 32.2 Å². The van der Waals surface area contributed by atoms with Gasteiger partial charge in [-0.1, -0.05) is 13.0 Å². The Morgan fingerprint density at radius 1 is 1.64 bits per heavy atom. The number of furan rings is 1. The van der Waals surface area contributed by atoms with Gasteiger partial charge in [-0.3, -0.25) is 0 Å². The van der Waals surface area contributed by atoms with Gasteiger partial charge in [0.2, 0.25) is 0 Å². The molecule has 0 bridgehead atoms. The van der Waals surface area contributed by atoms with Gasteiger partial charge in [-0.15, -0.1) is 6.58 Å². The third kappa shape index (κ3) is 3.38. The van der Waals surface area contributed by atoms with E-state index in [0.717, 1.165) is 31.6 Å². The Bertz CT molecular complexity index is 241. The van der Waals surface area contributed by atoms with Crippen LogP contribution in [0.4, 0.5) is 0 Å². The van der Waals surface area contributed by atoms with Crippen molar-refractivity contribution in [2.24, 2.45) is 0 Å². The molecule has 14 heavy (non-hydrogen) atoms. The highest BCUT2D eigenvalue weighted by atomic mass is 16.3. The van der Waals surface area contributed by atoms with Gasteiger partial charge < -0.3 is 9.73 Å². The van der Waals surface area contributed by atoms with Crippen molar-refractivity contribution in [3.8, 4) is 0 Å². The Morgan fingerprint density at radius 3 is 3.07 bits per heavy atom. The summed E-state index contributed by atoms with van der Waals surface area (Å²) in [4.78, 5) is 0. The van der Waals surface area contributed by atoms with Crippen LogP contribution in [-0.2, 0) is 0 Å². The summed E-state index contributed by atoms with van der Waals surface area (Å²) in [6.45, 7) is 6.81. The quantitative estimate of drug-likeness (QED) is 0.531. The molecule has 2 heteroatoms. The SMILES string of the molecule is C=CCCCC(NCC)c1ccco1. The van der Waals surface area contributed by atoms with Crippen LogP contribution in [-0.4, -0.2) is 6.54 Å². The second kappa shape index (κ2) is 6.44. The van der Waals surface area contributed by atoms with Crippen molar-refractivity contribution in [1.82, 2.24) is 5.32 Å². The van der Waals surface area contributed by atoms with E-state index in [1.54, 1.807) is 6.26 Å². The summed E-state index contributed by atoms with van der Waals surface area (Å²) in [6, 6.07) is 4.32. The molecular formula is C12H19NO. The first-order valence-electron chi connectivity index (χ1n) is 5.26. The molecule has 1 unspecified atom stereocenters. The molecule has 0 saturated heterocycles. The Morgan fingerprint density at radius 2 is 2.50 bits per heavy atom. The van der Waals surface area contributed by atoms with Gasteiger partial charge in [0, 0.05) is 0 Å². The third-order valence-electron chi connectivity index (χ3n) is 2.24. The molecule has 1 heterocycles. The molecule has 0 aliphatic heterocycles. The predicted molar refractivity (Wildman–Crippen MR) is 59.2 cm³/mol. The molecule has 2 nitrogen and oxygen atoms in total. The van der Waals surface area contributed by atoms with Gasteiger partial charge in [-0.25, -0.2) is 0 Å². The molecule has 0 aliphatic carbocycles. The molecule has 0 spiro atoms. The molecule has 78 valence electrons. The fourth-order valence-corrected chi connectivity index (χ4v) is 1.55. The van der Waals surface area contributed by atoms with E-state index in [1.807, 2.05) is 18.2 Å². The van der Waals surface area contributed by atoms with E-state index in [-0.39, 0.29) is 0 Å². The van der Waals surface area contributed by atoms with E-state index in [2.05, 4.69) is 18.8 Å². The first-order valence-corrected chi connectivity index (χ1v) is 5.26. The Kier molecular flexibility index (Phi) is 5.08. The highest BCUT2D eigenvalue weighted by Gasteiger charge is 2.11. The lowest BCUT2D eigenvalue weighted by Crippen LogP contribution is -2.20. The second-order valence-electron chi connectivity index (χ2n) is 3.35. The van der Waals surface area contributed by atoms with Gasteiger partial charge in [0.25, 0.3) is 0 Å². The van der Waals surface area contributed by atoms with Crippen LogP contribution in [0.5, 0.6) is 0 Å². The van der Waals surface area contributed by atoms with Gasteiger partial charge in [0.15, 0.2) is 0 Å². The maximum Gasteiger partial charge on any atom is 0.120 e. The van der Waals surface area contributed by atoms with Crippen molar-refractivity contribution in [2.75, 3.05) is 6.54 Å². The minimum Gasteiger partial charge on any atom is -0.468 e. The fourth-order valence-electron chi connectivity index (χ4n) is 1.55.